The third-order valence-electron chi connectivity index (χ3n) is 4.41. The number of thiol groups is 1. The van der Waals surface area contributed by atoms with Gasteiger partial charge in [0.05, 0.1) is 18.1 Å². The molecule has 0 radical (unpaired) electrons. The molecule has 3 heterocycles. The molecule has 0 amide bonds. The number of rotatable bonds is 4. The average molecular weight is 371 g/mol. The van der Waals surface area contributed by atoms with Crippen LogP contribution in [0.15, 0.2) is 30.3 Å². The standard InChI is InChI=1S/C16H26N4S3/c1-15(2,3)18-14(21)17-10-16(4,13-8-6-5-7-9-13)23(22)19-11-20(23)12-19/h5-9,22H,10-12H2,1-4H3,(H2,17,18,21). The highest BCUT2D eigenvalue weighted by atomic mass is 33.1. The van der Waals surface area contributed by atoms with Crippen molar-refractivity contribution < 1.29 is 0 Å². The molecule has 23 heavy (non-hydrogen) atoms. The van der Waals surface area contributed by atoms with Gasteiger partial charge in [-0.1, -0.05) is 39.8 Å². The van der Waals surface area contributed by atoms with Crippen molar-refractivity contribution in [2.75, 3.05) is 19.9 Å². The lowest BCUT2D eigenvalue weighted by molar-refractivity contribution is 0.0566. The maximum Gasteiger partial charge on any atom is 0.166 e. The summed E-state index contributed by atoms with van der Waals surface area (Å²) in [7, 11) is -1.24. The Bertz CT molecular complexity index is 587. The first-order chi connectivity index (χ1) is 10.7. The van der Waals surface area contributed by atoms with Crippen LogP contribution in [0.1, 0.15) is 33.3 Å². The molecule has 1 unspecified atom stereocenters. The van der Waals surface area contributed by atoms with Gasteiger partial charge in [0.15, 0.2) is 5.11 Å². The first-order valence-corrected chi connectivity index (χ1v) is 10.8. The van der Waals surface area contributed by atoms with Crippen LogP contribution in [0.4, 0.5) is 0 Å². The normalized spacial score (nSPS) is 34.1. The molecule has 3 aliphatic rings. The average Bonchev–Trinajstić information content (AvgIpc) is 2.40. The van der Waals surface area contributed by atoms with Crippen LogP contribution in [0, 0.1) is 0 Å². The SMILES string of the molecule is CC(C)(C)NC(=S)NCC(C)(c1ccccc1)S1(S)N2CN1C2. The van der Waals surface area contributed by atoms with Crippen molar-refractivity contribution in [1.29, 1.82) is 0 Å². The molecule has 1 aromatic carbocycles. The third-order valence-corrected chi connectivity index (χ3v) is 10.7. The number of hydrogen-bond donors (Lipinski definition) is 3. The van der Waals surface area contributed by atoms with Crippen molar-refractivity contribution in [2.24, 2.45) is 0 Å². The number of hydrogen-bond acceptors (Lipinski definition) is 4. The van der Waals surface area contributed by atoms with Crippen LogP contribution in [0.2, 0.25) is 0 Å². The number of benzene rings is 1. The van der Waals surface area contributed by atoms with Crippen LogP contribution in [0.3, 0.4) is 0 Å². The summed E-state index contributed by atoms with van der Waals surface area (Å²) in [6, 6.07) is 10.7. The van der Waals surface area contributed by atoms with E-state index < -0.39 is 9.43 Å². The van der Waals surface area contributed by atoms with Gasteiger partial charge in [0, 0.05) is 12.1 Å². The van der Waals surface area contributed by atoms with Crippen LogP contribution in [0.5, 0.6) is 0 Å². The van der Waals surface area contributed by atoms with Crippen molar-refractivity contribution in [2.45, 2.75) is 38.0 Å². The molecule has 3 aliphatic heterocycles. The molecule has 2 bridgehead atoms. The Morgan fingerprint density at radius 1 is 1.17 bits per heavy atom. The fourth-order valence-corrected chi connectivity index (χ4v) is 7.55. The summed E-state index contributed by atoms with van der Waals surface area (Å²) in [5.41, 5.74) is 1.27. The van der Waals surface area contributed by atoms with E-state index in [4.69, 9.17) is 23.9 Å². The van der Waals surface area contributed by atoms with Gasteiger partial charge in [-0.25, -0.2) is 8.61 Å². The summed E-state index contributed by atoms with van der Waals surface area (Å²) in [6.45, 7) is 11.5. The Morgan fingerprint density at radius 3 is 2.17 bits per heavy atom. The molecule has 3 fully saturated rings. The number of nitrogens with zero attached hydrogens (tertiary/aromatic N) is 2. The summed E-state index contributed by atoms with van der Waals surface area (Å²) in [6.07, 6.45) is 0. The highest BCUT2D eigenvalue weighted by Crippen LogP contribution is 2.82. The third kappa shape index (κ3) is 2.87. The van der Waals surface area contributed by atoms with Crippen LogP contribution in [-0.2, 0) is 4.75 Å². The highest BCUT2D eigenvalue weighted by molar-refractivity contribution is 8.87. The zero-order chi connectivity index (χ0) is 16.9. The smallest absolute Gasteiger partial charge is 0.166 e. The lowest BCUT2D eigenvalue weighted by Crippen LogP contribution is -2.74. The lowest BCUT2D eigenvalue weighted by atomic mass is 10.0. The molecule has 7 heteroatoms. The van der Waals surface area contributed by atoms with Gasteiger partial charge in [-0.15, -0.1) is 11.7 Å². The summed E-state index contributed by atoms with van der Waals surface area (Å²) < 4.78 is 4.87. The van der Waals surface area contributed by atoms with E-state index in [9.17, 15) is 0 Å². The molecule has 2 N–H and O–H groups in total. The van der Waals surface area contributed by atoms with E-state index in [1.54, 1.807) is 0 Å². The Labute approximate surface area is 151 Å². The second-order valence-electron chi connectivity index (χ2n) is 7.42. The minimum Gasteiger partial charge on any atom is -0.361 e. The fourth-order valence-electron chi connectivity index (χ4n) is 3.03. The van der Waals surface area contributed by atoms with Crippen molar-refractivity contribution in [3.8, 4) is 0 Å². The van der Waals surface area contributed by atoms with Crippen molar-refractivity contribution in [3.05, 3.63) is 35.9 Å². The molecule has 0 saturated carbocycles. The quantitative estimate of drug-likeness (QED) is 0.430. The van der Waals surface area contributed by atoms with Crippen molar-refractivity contribution >= 4 is 38.4 Å². The van der Waals surface area contributed by atoms with Gasteiger partial charge in [0.1, 0.15) is 0 Å². The first kappa shape index (κ1) is 17.4. The van der Waals surface area contributed by atoms with Crippen molar-refractivity contribution in [3.63, 3.8) is 0 Å². The van der Waals surface area contributed by atoms with E-state index in [1.165, 1.54) is 5.56 Å². The summed E-state index contributed by atoms with van der Waals surface area (Å²) in [5.74, 6) is 0. The second kappa shape index (κ2) is 5.81. The molecule has 4 rings (SSSR count). The van der Waals surface area contributed by atoms with E-state index in [0.29, 0.717) is 5.11 Å². The molecule has 1 atom stereocenters. The molecule has 128 valence electrons. The van der Waals surface area contributed by atoms with E-state index >= 15 is 0 Å². The molecule has 4 nitrogen and oxygen atoms in total. The largest absolute Gasteiger partial charge is 0.361 e. The maximum absolute atomic E-state index is 5.47. The summed E-state index contributed by atoms with van der Waals surface area (Å²) in [5, 5.41) is 7.47. The first-order valence-electron chi connectivity index (χ1n) is 7.84. The second-order valence-corrected chi connectivity index (χ2v) is 12.3. The van der Waals surface area contributed by atoms with E-state index in [2.05, 4.69) is 77.3 Å². The molecular weight excluding hydrogens is 344 g/mol. The van der Waals surface area contributed by atoms with Crippen LogP contribution >= 0.6 is 33.3 Å². The molecule has 0 spiro atoms. The molecule has 0 aliphatic carbocycles. The van der Waals surface area contributed by atoms with Crippen LogP contribution < -0.4 is 10.6 Å². The van der Waals surface area contributed by atoms with Crippen LogP contribution in [-0.4, -0.2) is 39.1 Å². The zero-order valence-electron chi connectivity index (χ0n) is 14.2. The minimum absolute atomic E-state index is 0.0374. The molecule has 0 aromatic heterocycles. The molecular formula is C16H26N4S3. The topological polar surface area (TPSA) is 30.5 Å². The van der Waals surface area contributed by atoms with Gasteiger partial charge in [-0.05, 0) is 45.5 Å². The van der Waals surface area contributed by atoms with Gasteiger partial charge in [-0.2, -0.15) is 0 Å². The van der Waals surface area contributed by atoms with Gasteiger partial charge >= 0.3 is 0 Å². The Balaban J connectivity index is 1.79. The van der Waals surface area contributed by atoms with Gasteiger partial charge in [0.2, 0.25) is 0 Å². The van der Waals surface area contributed by atoms with E-state index in [-0.39, 0.29) is 10.3 Å². The highest BCUT2D eigenvalue weighted by Gasteiger charge is 2.64. The Morgan fingerprint density at radius 2 is 1.74 bits per heavy atom. The lowest BCUT2D eigenvalue weighted by Gasteiger charge is -2.78. The predicted molar refractivity (Wildman–Crippen MR) is 107 cm³/mol. The van der Waals surface area contributed by atoms with Crippen molar-refractivity contribution in [1.82, 2.24) is 19.2 Å². The number of nitrogens with one attached hydrogen (secondary N) is 2. The van der Waals surface area contributed by atoms with Gasteiger partial charge in [0.25, 0.3) is 0 Å². The molecule has 1 aromatic rings. The summed E-state index contributed by atoms with van der Waals surface area (Å²) >= 11 is 10.6. The summed E-state index contributed by atoms with van der Waals surface area (Å²) in [4.78, 5) is 0. The minimum atomic E-state index is -1.24. The van der Waals surface area contributed by atoms with Gasteiger partial charge < -0.3 is 10.6 Å². The zero-order valence-corrected chi connectivity index (χ0v) is 16.7. The number of thiocarbonyl (C=S) groups is 1. The van der Waals surface area contributed by atoms with E-state index in [0.717, 1.165) is 19.9 Å². The maximum atomic E-state index is 5.47. The Hall–Kier alpha value is -0.470. The van der Waals surface area contributed by atoms with E-state index in [1.807, 2.05) is 0 Å². The predicted octanol–water partition coefficient (Wildman–Crippen LogP) is 3.19. The molecule has 3 saturated heterocycles. The van der Waals surface area contributed by atoms with Crippen LogP contribution in [0.25, 0.3) is 0 Å². The van der Waals surface area contributed by atoms with Gasteiger partial charge in [-0.3, -0.25) is 0 Å². The fraction of sp³-hybridized carbons (Fsp3) is 0.562. The Kier molecular flexibility index (Phi) is 4.38. The monoisotopic (exact) mass is 370 g/mol.